The van der Waals surface area contributed by atoms with E-state index in [0.717, 1.165) is 6.08 Å². The zero-order valence-corrected chi connectivity index (χ0v) is 6.85. The Hall–Kier alpha value is -0.830. The maximum Gasteiger partial charge on any atom is 0.160 e. The molecular weight excluding hydrogens is 163 g/mol. The molecule has 0 fully saturated rings. The first kappa shape index (κ1) is 10.2. The van der Waals surface area contributed by atoms with Crippen molar-refractivity contribution in [1.82, 2.24) is 0 Å². The van der Waals surface area contributed by atoms with E-state index in [0.29, 0.717) is 11.9 Å². The molecule has 0 saturated carbocycles. The Morgan fingerprint density at radius 3 is 2.64 bits per heavy atom. The van der Waals surface area contributed by atoms with Crippen molar-refractivity contribution >= 4 is 18.4 Å². The van der Waals surface area contributed by atoms with Gasteiger partial charge in [0.15, 0.2) is 5.78 Å². The highest BCUT2D eigenvalue weighted by atomic mass is 32.1. The fourth-order valence-electron chi connectivity index (χ4n) is 0.514. The first-order valence-electron chi connectivity index (χ1n) is 2.99. The van der Waals surface area contributed by atoms with Crippen LogP contribution in [0.2, 0.25) is 0 Å². The second kappa shape index (κ2) is 5.92. The predicted octanol–water partition coefficient (Wildman–Crippen LogP) is 2.43. The molecule has 0 atom stereocenters. The lowest BCUT2D eigenvalue weighted by Crippen LogP contribution is -1.91. The van der Waals surface area contributed by atoms with Gasteiger partial charge in [0.25, 0.3) is 0 Å². The molecule has 0 aliphatic rings. The van der Waals surface area contributed by atoms with Gasteiger partial charge in [-0.15, -0.1) is 0 Å². The van der Waals surface area contributed by atoms with E-state index in [1.807, 2.05) is 0 Å². The van der Waals surface area contributed by atoms with Crippen LogP contribution in [0.1, 0.15) is 6.42 Å². The van der Waals surface area contributed by atoms with Crippen LogP contribution >= 0.6 is 12.6 Å². The number of hydrogen-bond acceptors (Lipinski definition) is 2. The number of halogens is 1. The summed E-state index contributed by atoms with van der Waals surface area (Å²) >= 11 is 3.71. The molecule has 0 aliphatic heterocycles. The molecule has 60 valence electrons. The molecule has 1 nitrogen and oxygen atoms in total. The number of rotatable bonds is 4. The van der Waals surface area contributed by atoms with Gasteiger partial charge in [-0.25, -0.2) is 4.39 Å². The van der Waals surface area contributed by atoms with Crippen LogP contribution in [-0.2, 0) is 4.79 Å². The van der Waals surface area contributed by atoms with Crippen molar-refractivity contribution in [2.75, 3.05) is 0 Å². The zero-order valence-electron chi connectivity index (χ0n) is 5.96. The first-order chi connectivity index (χ1) is 5.20. The summed E-state index contributed by atoms with van der Waals surface area (Å²) in [5.41, 5.74) is 0.448. The molecule has 0 N–H and O–H groups in total. The molecule has 3 heteroatoms. The lowest BCUT2D eigenvalue weighted by molar-refractivity contribution is -0.113. The SMILES string of the molecule is C=C(/C=C/F)CC(=O)/C=C/S. The van der Waals surface area contributed by atoms with E-state index < -0.39 is 0 Å². The first-order valence-corrected chi connectivity index (χ1v) is 3.50. The van der Waals surface area contributed by atoms with Crippen molar-refractivity contribution in [3.63, 3.8) is 0 Å². The third kappa shape index (κ3) is 5.61. The average molecular weight is 172 g/mol. The fraction of sp³-hybridized carbons (Fsp3) is 0.125. The van der Waals surface area contributed by atoms with Crippen LogP contribution in [0.3, 0.4) is 0 Å². The summed E-state index contributed by atoms with van der Waals surface area (Å²) in [5, 5.41) is 1.34. The molecule has 0 aromatic rings. The van der Waals surface area contributed by atoms with Gasteiger partial charge in [0.1, 0.15) is 0 Å². The van der Waals surface area contributed by atoms with Gasteiger partial charge in [-0.2, -0.15) is 12.6 Å². The van der Waals surface area contributed by atoms with E-state index in [9.17, 15) is 9.18 Å². The lowest BCUT2D eigenvalue weighted by Gasteiger charge is -1.92. The van der Waals surface area contributed by atoms with E-state index in [-0.39, 0.29) is 12.2 Å². The Morgan fingerprint density at radius 1 is 1.55 bits per heavy atom. The minimum atomic E-state index is -0.136. The molecule has 0 aromatic carbocycles. The Morgan fingerprint density at radius 2 is 2.18 bits per heavy atom. The number of carbonyl (C=O) groups is 1. The highest BCUT2D eigenvalue weighted by Gasteiger charge is 1.96. The van der Waals surface area contributed by atoms with Gasteiger partial charge in [0.05, 0.1) is 6.33 Å². The van der Waals surface area contributed by atoms with Crippen LogP contribution < -0.4 is 0 Å². The zero-order chi connectivity index (χ0) is 8.69. The fourth-order valence-corrected chi connectivity index (χ4v) is 0.680. The van der Waals surface area contributed by atoms with Crippen LogP contribution in [0.15, 0.2) is 36.0 Å². The van der Waals surface area contributed by atoms with Gasteiger partial charge in [-0.05, 0) is 23.1 Å². The molecule has 0 heterocycles. The molecular formula is C8H9FOS. The molecule has 0 bridgehead atoms. The van der Waals surface area contributed by atoms with Crippen molar-refractivity contribution in [2.45, 2.75) is 6.42 Å². The molecule has 0 unspecified atom stereocenters. The van der Waals surface area contributed by atoms with E-state index in [1.54, 1.807) is 0 Å². The number of hydrogen-bond donors (Lipinski definition) is 1. The van der Waals surface area contributed by atoms with Crippen LogP contribution in [-0.4, -0.2) is 5.78 Å². The smallest absolute Gasteiger partial charge is 0.160 e. The number of ketones is 1. The Labute approximate surface area is 70.7 Å². The predicted molar refractivity (Wildman–Crippen MR) is 47.1 cm³/mol. The van der Waals surface area contributed by atoms with Gasteiger partial charge in [-0.1, -0.05) is 6.58 Å². The van der Waals surface area contributed by atoms with Crippen molar-refractivity contribution in [3.8, 4) is 0 Å². The number of carbonyl (C=O) groups excluding carboxylic acids is 1. The molecule has 0 amide bonds. The van der Waals surface area contributed by atoms with E-state index >= 15 is 0 Å². The summed E-state index contributed by atoms with van der Waals surface area (Å²) < 4.78 is 11.5. The van der Waals surface area contributed by atoms with E-state index in [1.165, 1.54) is 11.5 Å². The third-order valence-corrected chi connectivity index (χ3v) is 1.11. The largest absolute Gasteiger partial charge is 0.294 e. The Balaban J connectivity index is 3.85. The highest BCUT2D eigenvalue weighted by Crippen LogP contribution is 2.01. The van der Waals surface area contributed by atoms with E-state index in [4.69, 9.17) is 0 Å². The minimum Gasteiger partial charge on any atom is -0.294 e. The van der Waals surface area contributed by atoms with Crippen molar-refractivity contribution in [1.29, 1.82) is 0 Å². The highest BCUT2D eigenvalue weighted by molar-refractivity contribution is 7.83. The normalized spacial score (nSPS) is 11.1. The maximum atomic E-state index is 11.5. The number of thiol groups is 1. The van der Waals surface area contributed by atoms with Crippen molar-refractivity contribution < 1.29 is 9.18 Å². The molecule has 11 heavy (non-hydrogen) atoms. The second-order valence-corrected chi connectivity index (χ2v) is 2.21. The Kier molecular flexibility index (Phi) is 5.47. The maximum absolute atomic E-state index is 11.5. The minimum absolute atomic E-state index is 0.136. The summed E-state index contributed by atoms with van der Waals surface area (Å²) in [4.78, 5) is 10.8. The third-order valence-electron chi connectivity index (χ3n) is 0.960. The molecule has 0 aromatic heterocycles. The van der Waals surface area contributed by atoms with Crippen LogP contribution in [0.5, 0.6) is 0 Å². The van der Waals surface area contributed by atoms with Crippen molar-refractivity contribution in [2.24, 2.45) is 0 Å². The average Bonchev–Trinajstić information content (AvgIpc) is 1.87. The van der Waals surface area contributed by atoms with E-state index in [2.05, 4.69) is 19.2 Å². The molecule has 0 spiro atoms. The summed E-state index contributed by atoms with van der Waals surface area (Å²) in [6, 6.07) is 0. The summed E-state index contributed by atoms with van der Waals surface area (Å²) in [7, 11) is 0. The molecule has 0 radical (unpaired) electrons. The van der Waals surface area contributed by atoms with Crippen molar-refractivity contribution in [3.05, 3.63) is 36.0 Å². The molecule has 0 rings (SSSR count). The molecule has 0 saturated heterocycles. The lowest BCUT2D eigenvalue weighted by atomic mass is 10.1. The Bertz CT molecular complexity index is 184. The van der Waals surface area contributed by atoms with Gasteiger partial charge in [0.2, 0.25) is 0 Å². The standard InChI is InChI=1S/C8H9FOS/c1-7(2-4-9)6-8(10)3-5-11/h2-5,11H,1,6H2/b4-2+,5-3+. The monoisotopic (exact) mass is 172 g/mol. The van der Waals surface area contributed by atoms with Gasteiger partial charge >= 0.3 is 0 Å². The van der Waals surface area contributed by atoms with Gasteiger partial charge < -0.3 is 0 Å². The quantitative estimate of drug-likeness (QED) is 0.391. The summed E-state index contributed by atoms with van der Waals surface area (Å²) in [6.45, 7) is 3.46. The second-order valence-electron chi connectivity index (χ2n) is 1.91. The number of allylic oxidation sites excluding steroid dienone is 3. The topological polar surface area (TPSA) is 17.1 Å². The van der Waals surface area contributed by atoms with Crippen LogP contribution in [0, 0.1) is 0 Å². The van der Waals surface area contributed by atoms with Gasteiger partial charge in [0, 0.05) is 6.42 Å². The molecule has 0 aliphatic carbocycles. The van der Waals surface area contributed by atoms with Crippen LogP contribution in [0.25, 0.3) is 0 Å². The summed E-state index contributed by atoms with van der Waals surface area (Å²) in [6.07, 6.45) is 2.96. The van der Waals surface area contributed by atoms with Crippen LogP contribution in [0.4, 0.5) is 4.39 Å². The van der Waals surface area contributed by atoms with Gasteiger partial charge in [-0.3, -0.25) is 4.79 Å². The summed E-state index contributed by atoms with van der Waals surface area (Å²) in [5.74, 6) is -0.136.